The number of aromatic nitrogens is 2. The number of nitrogens with one attached hydrogen (secondary N) is 1. The van der Waals surface area contributed by atoms with Gasteiger partial charge in [0.1, 0.15) is 11.5 Å². The first-order valence-corrected chi connectivity index (χ1v) is 14.6. The Kier molecular flexibility index (Phi) is 8.38. The van der Waals surface area contributed by atoms with Crippen molar-refractivity contribution >= 4 is 40.0 Å². The number of ether oxygens (including phenoxy) is 2. The third-order valence-electron chi connectivity index (χ3n) is 6.83. The van der Waals surface area contributed by atoms with Gasteiger partial charge in [0.15, 0.2) is 16.7 Å². The van der Waals surface area contributed by atoms with Gasteiger partial charge in [0.25, 0.3) is 0 Å². The number of thiazole rings is 1. The number of rotatable bonds is 8. The summed E-state index contributed by atoms with van der Waals surface area (Å²) in [6, 6.07) is 16.1. The number of carbonyl (C=O) groups is 1. The normalized spacial score (nSPS) is 13.8. The van der Waals surface area contributed by atoms with Gasteiger partial charge >= 0.3 is 0 Å². The number of benzene rings is 2. The van der Waals surface area contributed by atoms with E-state index in [4.69, 9.17) is 19.4 Å². The molecule has 0 saturated carbocycles. The van der Waals surface area contributed by atoms with Crippen LogP contribution in [0.1, 0.15) is 42.5 Å². The Labute approximate surface area is 237 Å². The Hall–Kier alpha value is -3.56. The lowest BCUT2D eigenvalue weighted by Crippen LogP contribution is -2.36. The molecule has 2 aromatic carbocycles. The molecule has 0 atom stereocenters. The largest absolute Gasteiger partial charge is 0.497 e. The van der Waals surface area contributed by atoms with Gasteiger partial charge in [0.2, 0.25) is 5.91 Å². The Morgan fingerprint density at radius 2 is 1.82 bits per heavy atom. The van der Waals surface area contributed by atoms with Crippen molar-refractivity contribution in [2.24, 2.45) is 0 Å². The number of likely N-dealkylation sites (tertiary alicyclic amines) is 1. The second kappa shape index (κ2) is 12.1. The summed E-state index contributed by atoms with van der Waals surface area (Å²) in [5.41, 5.74) is 3.17. The predicted octanol–water partition coefficient (Wildman–Crippen LogP) is 7.58. The van der Waals surface area contributed by atoms with E-state index in [0.29, 0.717) is 17.5 Å². The molecule has 1 amide bonds. The van der Waals surface area contributed by atoms with Crippen LogP contribution in [0, 0.1) is 13.8 Å². The van der Waals surface area contributed by atoms with Crippen molar-refractivity contribution in [3.8, 4) is 17.2 Å². The number of amides is 1. The fraction of sp³-hybridized carbons (Fsp3) is 0.300. The molecule has 39 heavy (non-hydrogen) atoms. The molecule has 0 bridgehead atoms. The van der Waals surface area contributed by atoms with Crippen LogP contribution in [0.2, 0.25) is 0 Å². The third kappa shape index (κ3) is 6.54. The zero-order chi connectivity index (χ0) is 27.4. The van der Waals surface area contributed by atoms with Crippen molar-refractivity contribution in [2.75, 3.05) is 25.5 Å². The molecule has 202 valence electrons. The molecule has 1 aliphatic heterocycles. The lowest BCUT2D eigenvalue weighted by molar-refractivity contribution is -0.129. The smallest absolute Gasteiger partial charge is 0.219 e. The fourth-order valence-electron chi connectivity index (χ4n) is 4.65. The quantitative estimate of drug-likeness (QED) is 0.238. The number of anilines is 2. The van der Waals surface area contributed by atoms with E-state index in [1.165, 1.54) is 0 Å². The van der Waals surface area contributed by atoms with Crippen molar-refractivity contribution in [2.45, 2.75) is 49.3 Å². The Balaban J connectivity index is 1.39. The van der Waals surface area contributed by atoms with Gasteiger partial charge in [-0.25, -0.2) is 9.97 Å². The SMILES string of the molecule is COc1cccc(Sc2cnc(Nc3nc(C4CCN(C(C)=O)CC4)cs3)c(Oc3c(C)cccc3C)c2)c1. The number of carbonyl (C=O) groups excluding carboxylic acids is 1. The summed E-state index contributed by atoms with van der Waals surface area (Å²) in [6.45, 7) is 7.28. The first-order chi connectivity index (χ1) is 18.9. The number of hydrogen-bond acceptors (Lipinski definition) is 8. The summed E-state index contributed by atoms with van der Waals surface area (Å²) in [5, 5.41) is 6.28. The molecule has 0 spiro atoms. The summed E-state index contributed by atoms with van der Waals surface area (Å²) < 4.78 is 11.9. The minimum Gasteiger partial charge on any atom is -0.497 e. The maximum Gasteiger partial charge on any atom is 0.219 e. The van der Waals surface area contributed by atoms with Crippen LogP contribution < -0.4 is 14.8 Å². The van der Waals surface area contributed by atoms with Crippen molar-refractivity contribution in [1.82, 2.24) is 14.9 Å². The standard InChI is InChI=1S/C30H32N4O3S2/c1-19-7-5-8-20(2)28(19)37-27-16-25(39-24-10-6-9-23(15-24)36-4)17-31-29(27)33-30-32-26(18-38-30)22-11-13-34(14-12-22)21(3)35/h5-10,15-18,22H,11-14H2,1-4H3,(H,31,32,33). The van der Waals surface area contributed by atoms with E-state index in [2.05, 4.69) is 10.7 Å². The average molecular weight is 561 g/mol. The monoisotopic (exact) mass is 560 g/mol. The highest BCUT2D eigenvalue weighted by Crippen LogP contribution is 2.39. The summed E-state index contributed by atoms with van der Waals surface area (Å²) in [7, 11) is 1.67. The Morgan fingerprint density at radius 3 is 2.54 bits per heavy atom. The molecule has 2 aromatic heterocycles. The van der Waals surface area contributed by atoms with Gasteiger partial charge in [-0.1, -0.05) is 36.0 Å². The van der Waals surface area contributed by atoms with Crippen molar-refractivity contribution in [3.63, 3.8) is 0 Å². The molecule has 7 nitrogen and oxygen atoms in total. The number of piperidine rings is 1. The maximum absolute atomic E-state index is 11.7. The summed E-state index contributed by atoms with van der Waals surface area (Å²) in [5.74, 6) is 3.37. The molecule has 3 heterocycles. The topological polar surface area (TPSA) is 76.6 Å². The van der Waals surface area contributed by atoms with E-state index in [1.54, 1.807) is 37.1 Å². The van der Waals surface area contributed by atoms with E-state index in [9.17, 15) is 4.79 Å². The van der Waals surface area contributed by atoms with Crippen molar-refractivity contribution in [3.05, 3.63) is 76.9 Å². The lowest BCUT2D eigenvalue weighted by atomic mass is 9.94. The van der Waals surface area contributed by atoms with E-state index >= 15 is 0 Å². The molecule has 5 rings (SSSR count). The highest BCUT2D eigenvalue weighted by atomic mass is 32.2. The Bertz CT molecular complexity index is 1440. The number of methoxy groups -OCH3 is 1. The zero-order valence-corrected chi connectivity index (χ0v) is 24.2. The van der Waals surface area contributed by atoms with Gasteiger partial charge in [-0.2, -0.15) is 0 Å². The number of aryl methyl sites for hydroxylation is 2. The fourth-order valence-corrected chi connectivity index (χ4v) is 6.30. The molecule has 1 N–H and O–H groups in total. The number of pyridine rings is 1. The summed E-state index contributed by atoms with van der Waals surface area (Å²) in [6.07, 6.45) is 3.70. The van der Waals surface area contributed by atoms with Crippen LogP contribution in [0.4, 0.5) is 10.9 Å². The van der Waals surface area contributed by atoms with Crippen LogP contribution in [-0.2, 0) is 4.79 Å². The maximum atomic E-state index is 11.7. The first-order valence-electron chi connectivity index (χ1n) is 12.9. The number of hydrogen-bond donors (Lipinski definition) is 1. The van der Waals surface area contributed by atoms with Crippen LogP contribution >= 0.6 is 23.1 Å². The third-order valence-corrected chi connectivity index (χ3v) is 8.56. The minimum absolute atomic E-state index is 0.143. The molecule has 4 aromatic rings. The molecule has 1 saturated heterocycles. The molecule has 1 fully saturated rings. The van der Waals surface area contributed by atoms with Gasteiger partial charge in [-0.15, -0.1) is 11.3 Å². The van der Waals surface area contributed by atoms with Crippen LogP contribution in [0.25, 0.3) is 0 Å². The first kappa shape index (κ1) is 27.0. The molecular formula is C30H32N4O3S2. The predicted molar refractivity (Wildman–Crippen MR) is 157 cm³/mol. The van der Waals surface area contributed by atoms with Gasteiger partial charge in [-0.05, 0) is 56.0 Å². The Morgan fingerprint density at radius 1 is 1.08 bits per heavy atom. The second-order valence-electron chi connectivity index (χ2n) is 9.60. The minimum atomic E-state index is 0.143. The second-order valence-corrected chi connectivity index (χ2v) is 11.6. The molecular weight excluding hydrogens is 528 g/mol. The van der Waals surface area contributed by atoms with Gasteiger partial charge in [-0.3, -0.25) is 4.79 Å². The summed E-state index contributed by atoms with van der Waals surface area (Å²) in [4.78, 5) is 25.2. The van der Waals surface area contributed by atoms with Gasteiger partial charge < -0.3 is 19.7 Å². The molecule has 0 radical (unpaired) electrons. The lowest BCUT2D eigenvalue weighted by Gasteiger charge is -2.30. The molecule has 0 unspecified atom stereocenters. The van der Waals surface area contributed by atoms with E-state index in [-0.39, 0.29) is 5.91 Å². The van der Waals surface area contributed by atoms with Crippen LogP contribution in [0.15, 0.2) is 69.9 Å². The highest BCUT2D eigenvalue weighted by Gasteiger charge is 2.24. The number of nitrogens with zero attached hydrogens (tertiary/aromatic N) is 3. The van der Waals surface area contributed by atoms with E-state index < -0.39 is 0 Å². The zero-order valence-electron chi connectivity index (χ0n) is 22.6. The van der Waals surface area contributed by atoms with Gasteiger partial charge in [0.05, 0.1) is 12.8 Å². The summed E-state index contributed by atoms with van der Waals surface area (Å²) >= 11 is 3.16. The van der Waals surface area contributed by atoms with E-state index in [0.717, 1.165) is 69.2 Å². The van der Waals surface area contributed by atoms with Crippen LogP contribution in [0.3, 0.4) is 0 Å². The van der Waals surface area contributed by atoms with E-state index in [1.807, 2.05) is 73.5 Å². The van der Waals surface area contributed by atoms with Crippen molar-refractivity contribution in [1.29, 1.82) is 0 Å². The van der Waals surface area contributed by atoms with Crippen molar-refractivity contribution < 1.29 is 14.3 Å². The molecule has 9 heteroatoms. The highest BCUT2D eigenvalue weighted by molar-refractivity contribution is 7.99. The van der Waals surface area contributed by atoms with Crippen LogP contribution in [-0.4, -0.2) is 41.0 Å². The van der Waals surface area contributed by atoms with Gasteiger partial charge in [0, 0.05) is 53.4 Å². The number of para-hydroxylation sites is 1. The molecule has 0 aliphatic carbocycles. The molecule has 1 aliphatic rings. The average Bonchev–Trinajstić information content (AvgIpc) is 3.41. The van der Waals surface area contributed by atoms with Crippen LogP contribution in [0.5, 0.6) is 17.2 Å².